The first-order chi connectivity index (χ1) is 29.5. The molecule has 11 rings (SSSR count). The van der Waals surface area contributed by atoms with Gasteiger partial charge in [0.25, 0.3) is 0 Å². The largest absolute Gasteiger partial charge is 0.310 e. The molecule has 0 fully saturated rings. The van der Waals surface area contributed by atoms with Crippen LogP contribution in [0, 0.1) is 0 Å². The summed E-state index contributed by atoms with van der Waals surface area (Å²) in [6.45, 7) is 4.77. The molecule has 0 radical (unpaired) electrons. The summed E-state index contributed by atoms with van der Waals surface area (Å²) in [5.74, 6) is 0. The van der Waals surface area contributed by atoms with Gasteiger partial charge in [-0.3, -0.25) is 0 Å². The quantitative estimate of drug-likeness (QED) is 0.159. The van der Waals surface area contributed by atoms with E-state index in [1.165, 1.54) is 55.6 Å². The van der Waals surface area contributed by atoms with Crippen molar-refractivity contribution < 1.29 is 0 Å². The van der Waals surface area contributed by atoms with Crippen LogP contribution in [0.25, 0.3) is 22.3 Å². The Morgan fingerprint density at radius 2 is 0.717 bits per heavy atom. The van der Waals surface area contributed by atoms with Crippen LogP contribution in [0.4, 0.5) is 34.1 Å². The fourth-order valence-electron chi connectivity index (χ4n) is 10.3. The van der Waals surface area contributed by atoms with Crippen molar-refractivity contribution in [2.24, 2.45) is 0 Å². The molecule has 0 aromatic heterocycles. The molecule has 286 valence electrons. The van der Waals surface area contributed by atoms with Gasteiger partial charge in [-0.1, -0.05) is 184 Å². The van der Waals surface area contributed by atoms with E-state index in [-0.39, 0.29) is 5.41 Å². The zero-order valence-electron chi connectivity index (χ0n) is 33.8. The number of hydrogen-bond acceptors (Lipinski definition) is 2. The highest BCUT2D eigenvalue weighted by Gasteiger charge is 2.53. The second-order valence-electron chi connectivity index (χ2n) is 16.5. The molecule has 0 saturated carbocycles. The smallest absolute Gasteiger partial charge is 0.0720 e. The van der Waals surface area contributed by atoms with Crippen LogP contribution >= 0.6 is 0 Å². The Labute approximate surface area is 353 Å². The Hall–Kier alpha value is -7.42. The van der Waals surface area contributed by atoms with Crippen molar-refractivity contribution in [3.63, 3.8) is 0 Å². The lowest BCUT2D eigenvalue weighted by molar-refractivity contribution is 0.563. The molecule has 0 heterocycles. The average molecular weight is 769 g/mol. The topological polar surface area (TPSA) is 6.48 Å². The number of anilines is 6. The van der Waals surface area contributed by atoms with Gasteiger partial charge in [0.2, 0.25) is 0 Å². The highest BCUT2D eigenvalue weighted by Crippen LogP contribution is 2.64. The highest BCUT2D eigenvalue weighted by atomic mass is 15.2. The zero-order valence-corrected chi connectivity index (χ0v) is 33.8. The number of para-hydroxylation sites is 2. The van der Waals surface area contributed by atoms with Crippen LogP contribution in [0.1, 0.15) is 47.2 Å². The first-order valence-corrected chi connectivity index (χ1v) is 20.9. The minimum absolute atomic E-state index is 0.156. The third-order valence-corrected chi connectivity index (χ3v) is 12.9. The van der Waals surface area contributed by atoms with Crippen LogP contribution in [0.2, 0.25) is 0 Å². The number of hydrogen-bond donors (Lipinski definition) is 0. The van der Waals surface area contributed by atoms with Crippen LogP contribution in [-0.2, 0) is 10.8 Å². The molecule has 0 unspecified atom stereocenters. The van der Waals surface area contributed by atoms with Gasteiger partial charge in [-0.2, -0.15) is 0 Å². The fourth-order valence-corrected chi connectivity index (χ4v) is 10.3. The number of nitrogens with zero attached hydrogens (tertiary/aromatic N) is 2. The van der Waals surface area contributed by atoms with Gasteiger partial charge < -0.3 is 9.80 Å². The molecule has 2 aliphatic carbocycles. The maximum atomic E-state index is 2.46. The van der Waals surface area contributed by atoms with Crippen molar-refractivity contribution in [3.05, 3.63) is 264 Å². The Morgan fingerprint density at radius 3 is 1.33 bits per heavy atom. The van der Waals surface area contributed by atoms with E-state index in [1.807, 2.05) is 0 Å². The van der Waals surface area contributed by atoms with E-state index in [4.69, 9.17) is 0 Å². The molecule has 9 aromatic rings. The minimum atomic E-state index is -0.481. The maximum absolute atomic E-state index is 2.46. The lowest BCUT2D eigenvalue weighted by Crippen LogP contribution is -2.40. The standard InChI is InChI=1S/C58H44N2/c1-57(2)50-30-14-16-32-52(50)58(53-33-17-15-31-51(53)57)49-29-13-12-28-48(49)56-54(58)34-19-35-55(56)60(44-24-10-5-11-25-44)47-27-18-26-46(40-47)59(43-22-8-4-9-23-43)45-38-36-42(37-39-45)41-20-6-3-7-21-41/h3-40H,1-2H3. The summed E-state index contributed by atoms with van der Waals surface area (Å²) < 4.78 is 0. The van der Waals surface area contributed by atoms with Crippen LogP contribution in [0.3, 0.4) is 0 Å². The molecular formula is C58H44N2. The maximum Gasteiger partial charge on any atom is 0.0720 e. The van der Waals surface area contributed by atoms with E-state index < -0.39 is 5.41 Å². The third kappa shape index (κ3) is 5.41. The second kappa shape index (κ2) is 14.1. The normalized spacial score (nSPS) is 13.8. The monoisotopic (exact) mass is 768 g/mol. The van der Waals surface area contributed by atoms with Crippen molar-refractivity contribution >= 4 is 34.1 Å². The summed E-state index contributed by atoms with van der Waals surface area (Å²) in [5.41, 5.74) is 19.0. The predicted octanol–water partition coefficient (Wildman–Crippen LogP) is 15.3. The molecule has 9 aromatic carbocycles. The lowest BCUT2D eigenvalue weighted by Gasteiger charge is -2.46. The van der Waals surface area contributed by atoms with Crippen LogP contribution < -0.4 is 9.80 Å². The summed E-state index contributed by atoms with van der Waals surface area (Å²) in [6.07, 6.45) is 0. The van der Waals surface area contributed by atoms with E-state index in [9.17, 15) is 0 Å². The summed E-state index contributed by atoms with van der Waals surface area (Å²) in [6, 6.07) is 84.5. The van der Waals surface area contributed by atoms with Gasteiger partial charge in [0.15, 0.2) is 0 Å². The van der Waals surface area contributed by atoms with E-state index in [1.54, 1.807) is 0 Å². The Morgan fingerprint density at radius 1 is 0.300 bits per heavy atom. The fraction of sp³-hybridized carbons (Fsp3) is 0.0690. The first kappa shape index (κ1) is 35.7. The summed E-state index contributed by atoms with van der Waals surface area (Å²) in [7, 11) is 0. The van der Waals surface area contributed by atoms with Crippen molar-refractivity contribution in [1.82, 2.24) is 0 Å². The molecule has 0 bridgehead atoms. The second-order valence-corrected chi connectivity index (χ2v) is 16.5. The molecule has 0 N–H and O–H groups in total. The minimum Gasteiger partial charge on any atom is -0.310 e. The summed E-state index contributed by atoms with van der Waals surface area (Å²) >= 11 is 0. The highest BCUT2D eigenvalue weighted by molar-refractivity contribution is 5.98. The molecule has 0 saturated heterocycles. The Balaban J connectivity index is 1.13. The van der Waals surface area contributed by atoms with Gasteiger partial charge in [-0.05, 0) is 111 Å². The summed E-state index contributed by atoms with van der Waals surface area (Å²) in [4.78, 5) is 4.82. The van der Waals surface area contributed by atoms with E-state index in [0.29, 0.717) is 0 Å². The van der Waals surface area contributed by atoms with E-state index in [0.717, 1.165) is 34.1 Å². The molecule has 60 heavy (non-hydrogen) atoms. The number of rotatable bonds is 7. The zero-order chi connectivity index (χ0) is 40.3. The van der Waals surface area contributed by atoms with Gasteiger partial charge in [-0.15, -0.1) is 0 Å². The first-order valence-electron chi connectivity index (χ1n) is 20.9. The van der Waals surface area contributed by atoms with Crippen molar-refractivity contribution in [2.75, 3.05) is 9.80 Å². The number of benzene rings is 9. The molecule has 2 nitrogen and oxygen atoms in total. The molecule has 0 aliphatic heterocycles. The SMILES string of the molecule is CC1(C)c2ccccc2C2(c3ccccc3-c3c(N(c4ccccc4)c4cccc(N(c5ccccc5)c5ccc(-c6ccccc6)cc5)c4)cccc32)c2ccccc21. The third-order valence-electron chi connectivity index (χ3n) is 12.9. The Kier molecular flexibility index (Phi) is 8.42. The lowest BCUT2D eigenvalue weighted by atomic mass is 9.55. The van der Waals surface area contributed by atoms with Crippen molar-refractivity contribution in [3.8, 4) is 22.3 Å². The summed E-state index contributed by atoms with van der Waals surface area (Å²) in [5, 5.41) is 0. The van der Waals surface area contributed by atoms with Gasteiger partial charge >= 0.3 is 0 Å². The van der Waals surface area contributed by atoms with Gasteiger partial charge in [-0.25, -0.2) is 0 Å². The van der Waals surface area contributed by atoms with E-state index >= 15 is 0 Å². The van der Waals surface area contributed by atoms with Crippen LogP contribution in [-0.4, -0.2) is 0 Å². The molecule has 2 aliphatic rings. The van der Waals surface area contributed by atoms with Crippen molar-refractivity contribution in [1.29, 1.82) is 0 Å². The van der Waals surface area contributed by atoms with Gasteiger partial charge in [0, 0.05) is 39.4 Å². The molecule has 0 amide bonds. The molecule has 0 atom stereocenters. The van der Waals surface area contributed by atoms with Gasteiger partial charge in [0.05, 0.1) is 11.1 Å². The average Bonchev–Trinajstić information content (AvgIpc) is 3.61. The molecular weight excluding hydrogens is 725 g/mol. The molecule has 2 heteroatoms. The molecule has 1 spiro atoms. The number of fused-ring (bicyclic) bond motifs is 9. The van der Waals surface area contributed by atoms with Gasteiger partial charge in [0.1, 0.15) is 0 Å². The van der Waals surface area contributed by atoms with Crippen LogP contribution in [0.5, 0.6) is 0 Å². The van der Waals surface area contributed by atoms with E-state index in [2.05, 4.69) is 254 Å². The Bertz CT molecular complexity index is 2950. The predicted molar refractivity (Wildman–Crippen MR) is 251 cm³/mol. The van der Waals surface area contributed by atoms with Crippen LogP contribution in [0.15, 0.2) is 231 Å². The van der Waals surface area contributed by atoms with Crippen molar-refractivity contribution in [2.45, 2.75) is 24.7 Å².